The first-order chi connectivity index (χ1) is 9.76. The van der Waals surface area contributed by atoms with Crippen molar-refractivity contribution in [1.29, 1.82) is 5.26 Å². The molecule has 1 aliphatic heterocycles. The number of hydrogen-bond acceptors (Lipinski definition) is 5. The van der Waals surface area contributed by atoms with Crippen molar-refractivity contribution in [1.82, 2.24) is 0 Å². The molecule has 3 rings (SSSR count). The van der Waals surface area contributed by atoms with Gasteiger partial charge < -0.3 is 15.2 Å². The van der Waals surface area contributed by atoms with Crippen LogP contribution in [0.3, 0.4) is 0 Å². The van der Waals surface area contributed by atoms with Crippen LogP contribution < -0.4 is 15.2 Å². The molecule has 0 aliphatic carbocycles. The lowest BCUT2D eigenvalue weighted by atomic mass is 10.2. The quantitative estimate of drug-likeness (QED) is 0.858. The number of nitrogens with two attached hydrogens (primary N) is 1. The fourth-order valence-electron chi connectivity index (χ4n) is 1.93. The Morgan fingerprint density at radius 3 is 2.60 bits per heavy atom. The molecule has 2 aromatic rings. The van der Waals surface area contributed by atoms with Crippen molar-refractivity contribution in [3.63, 3.8) is 0 Å². The van der Waals surface area contributed by atoms with Crippen molar-refractivity contribution in [2.45, 2.75) is 9.79 Å². The Hall–Kier alpha value is -2.32. The van der Waals surface area contributed by atoms with Gasteiger partial charge in [0.15, 0.2) is 11.5 Å². The molecule has 100 valence electrons. The molecule has 0 saturated carbocycles. The number of benzene rings is 2. The van der Waals surface area contributed by atoms with E-state index in [1.165, 1.54) is 11.8 Å². The highest BCUT2D eigenvalue weighted by Gasteiger charge is 2.12. The Morgan fingerprint density at radius 1 is 1.05 bits per heavy atom. The molecule has 2 N–H and O–H groups in total. The summed E-state index contributed by atoms with van der Waals surface area (Å²) in [5, 5.41) is 8.83. The first kappa shape index (κ1) is 12.7. The Kier molecular flexibility index (Phi) is 3.40. The fourth-order valence-corrected chi connectivity index (χ4v) is 2.79. The Bertz CT molecular complexity index is 695. The van der Waals surface area contributed by atoms with Gasteiger partial charge in [-0.2, -0.15) is 5.26 Å². The van der Waals surface area contributed by atoms with E-state index in [0.717, 1.165) is 21.3 Å². The molecule has 0 aromatic heterocycles. The Balaban J connectivity index is 1.86. The fraction of sp³-hybridized carbons (Fsp3) is 0.133. The summed E-state index contributed by atoms with van der Waals surface area (Å²) in [6.07, 6.45) is 0. The number of ether oxygens (including phenoxy) is 2. The van der Waals surface area contributed by atoms with Gasteiger partial charge in [-0.25, -0.2) is 0 Å². The van der Waals surface area contributed by atoms with Crippen molar-refractivity contribution in [3.8, 4) is 17.6 Å². The van der Waals surface area contributed by atoms with Crippen molar-refractivity contribution >= 4 is 17.4 Å². The van der Waals surface area contributed by atoms with Crippen LogP contribution in [0, 0.1) is 11.3 Å². The average Bonchev–Trinajstić information content (AvgIpc) is 2.49. The van der Waals surface area contributed by atoms with Gasteiger partial charge in [0, 0.05) is 15.5 Å². The van der Waals surface area contributed by atoms with Gasteiger partial charge >= 0.3 is 0 Å². The number of nitriles is 1. The van der Waals surface area contributed by atoms with Crippen molar-refractivity contribution in [2.75, 3.05) is 18.9 Å². The predicted molar refractivity (Wildman–Crippen MR) is 77.1 cm³/mol. The summed E-state index contributed by atoms with van der Waals surface area (Å²) in [6.45, 7) is 1.15. The lowest BCUT2D eigenvalue weighted by Crippen LogP contribution is -2.15. The van der Waals surface area contributed by atoms with E-state index in [9.17, 15) is 0 Å². The topological polar surface area (TPSA) is 68.3 Å². The van der Waals surface area contributed by atoms with Crippen LogP contribution >= 0.6 is 11.8 Å². The molecule has 0 atom stereocenters. The summed E-state index contributed by atoms with van der Waals surface area (Å²) in [6, 6.07) is 13.2. The third kappa shape index (κ3) is 2.51. The molecule has 5 heteroatoms. The van der Waals surface area contributed by atoms with Gasteiger partial charge in [0.2, 0.25) is 0 Å². The summed E-state index contributed by atoms with van der Waals surface area (Å²) in [5.41, 5.74) is 7.12. The molecule has 0 amide bonds. The average molecular weight is 284 g/mol. The van der Waals surface area contributed by atoms with Crippen molar-refractivity contribution in [3.05, 3.63) is 42.0 Å². The smallest absolute Gasteiger partial charge is 0.162 e. The van der Waals surface area contributed by atoms with E-state index in [1.807, 2.05) is 24.3 Å². The number of fused-ring (bicyclic) bond motifs is 1. The summed E-state index contributed by atoms with van der Waals surface area (Å²) in [5.74, 6) is 1.53. The highest BCUT2D eigenvalue weighted by Crippen LogP contribution is 2.38. The lowest BCUT2D eigenvalue weighted by Gasteiger charge is -2.18. The van der Waals surface area contributed by atoms with Gasteiger partial charge in [-0.05, 0) is 36.4 Å². The van der Waals surface area contributed by atoms with Crippen LogP contribution in [-0.4, -0.2) is 13.2 Å². The number of rotatable bonds is 2. The third-order valence-corrected chi connectivity index (χ3v) is 3.96. The molecule has 20 heavy (non-hydrogen) atoms. The normalized spacial score (nSPS) is 12.8. The SMILES string of the molecule is N#Cc1ccc(Sc2ccc3c(c2)OCCO3)c(N)c1. The highest BCUT2D eigenvalue weighted by atomic mass is 32.2. The van der Waals surface area contributed by atoms with Crippen LogP contribution in [-0.2, 0) is 0 Å². The molecule has 0 saturated heterocycles. The van der Waals surface area contributed by atoms with E-state index in [4.69, 9.17) is 20.5 Å². The molecule has 0 fully saturated rings. The second kappa shape index (κ2) is 5.35. The van der Waals surface area contributed by atoms with Gasteiger partial charge in [-0.15, -0.1) is 0 Å². The maximum Gasteiger partial charge on any atom is 0.162 e. The minimum absolute atomic E-state index is 0.564. The van der Waals surface area contributed by atoms with Gasteiger partial charge in [-0.3, -0.25) is 0 Å². The van der Waals surface area contributed by atoms with Crippen LogP contribution in [0.15, 0.2) is 46.2 Å². The number of anilines is 1. The summed E-state index contributed by atoms with van der Waals surface area (Å²) >= 11 is 1.54. The number of hydrogen-bond donors (Lipinski definition) is 1. The van der Waals surface area contributed by atoms with Crippen molar-refractivity contribution < 1.29 is 9.47 Å². The summed E-state index contributed by atoms with van der Waals surface area (Å²) in [4.78, 5) is 1.94. The Labute approximate surface area is 121 Å². The first-order valence-electron chi connectivity index (χ1n) is 6.13. The molecule has 0 spiro atoms. The van der Waals surface area contributed by atoms with Crippen molar-refractivity contribution in [2.24, 2.45) is 0 Å². The summed E-state index contributed by atoms with van der Waals surface area (Å²) in [7, 11) is 0. The summed E-state index contributed by atoms with van der Waals surface area (Å²) < 4.78 is 11.0. The van der Waals surface area contributed by atoms with E-state index in [-0.39, 0.29) is 0 Å². The zero-order chi connectivity index (χ0) is 13.9. The van der Waals surface area contributed by atoms with E-state index in [2.05, 4.69) is 6.07 Å². The van der Waals surface area contributed by atoms with E-state index < -0.39 is 0 Å². The second-order valence-corrected chi connectivity index (χ2v) is 5.39. The maximum atomic E-state index is 8.83. The first-order valence-corrected chi connectivity index (χ1v) is 6.95. The molecule has 4 nitrogen and oxygen atoms in total. The van der Waals surface area contributed by atoms with Crippen LogP contribution in [0.1, 0.15) is 5.56 Å². The van der Waals surface area contributed by atoms with Crippen LogP contribution in [0.2, 0.25) is 0 Å². The zero-order valence-corrected chi connectivity index (χ0v) is 11.4. The third-order valence-electron chi connectivity index (χ3n) is 2.88. The maximum absolute atomic E-state index is 8.83. The monoisotopic (exact) mass is 284 g/mol. The standard InChI is InChI=1S/C15H12N2O2S/c16-9-10-1-4-15(12(17)7-10)20-11-2-3-13-14(8-11)19-6-5-18-13/h1-4,7-8H,5-6,17H2. The molecule has 1 aliphatic rings. The van der Waals surface area contributed by atoms with Crippen LogP contribution in [0.5, 0.6) is 11.5 Å². The molecular weight excluding hydrogens is 272 g/mol. The molecule has 0 radical (unpaired) electrons. The van der Waals surface area contributed by atoms with E-state index in [1.54, 1.807) is 12.1 Å². The predicted octanol–water partition coefficient (Wildman–Crippen LogP) is 3.06. The van der Waals surface area contributed by atoms with Crippen LogP contribution in [0.4, 0.5) is 5.69 Å². The van der Waals surface area contributed by atoms with E-state index in [0.29, 0.717) is 24.5 Å². The zero-order valence-electron chi connectivity index (χ0n) is 10.6. The molecular formula is C15H12N2O2S. The molecule has 0 unspecified atom stereocenters. The lowest BCUT2D eigenvalue weighted by molar-refractivity contribution is 0.171. The van der Waals surface area contributed by atoms with Gasteiger partial charge in [0.05, 0.1) is 11.6 Å². The van der Waals surface area contributed by atoms with Crippen LogP contribution in [0.25, 0.3) is 0 Å². The Morgan fingerprint density at radius 2 is 1.85 bits per heavy atom. The second-order valence-electron chi connectivity index (χ2n) is 4.27. The minimum atomic E-state index is 0.564. The van der Waals surface area contributed by atoms with Gasteiger partial charge in [-0.1, -0.05) is 11.8 Å². The van der Waals surface area contributed by atoms with E-state index >= 15 is 0 Å². The number of nitrogen functional groups attached to an aromatic ring is 1. The van der Waals surface area contributed by atoms with Gasteiger partial charge in [0.25, 0.3) is 0 Å². The molecule has 0 bridgehead atoms. The molecule has 2 aromatic carbocycles. The minimum Gasteiger partial charge on any atom is -0.486 e. The van der Waals surface area contributed by atoms with Gasteiger partial charge in [0.1, 0.15) is 13.2 Å². The largest absolute Gasteiger partial charge is 0.486 e. The highest BCUT2D eigenvalue weighted by molar-refractivity contribution is 7.99. The number of nitrogens with zero attached hydrogens (tertiary/aromatic N) is 1. The molecule has 1 heterocycles.